The molecule has 2 aliphatic heterocycles. The number of aliphatic hydroxyl groups excluding tert-OH is 1. The monoisotopic (exact) mass is 301 g/mol. The van der Waals surface area contributed by atoms with Gasteiger partial charge in [0.25, 0.3) is 0 Å². The second-order valence-corrected chi connectivity index (χ2v) is 7.46. The Morgan fingerprint density at radius 1 is 1.36 bits per heavy atom. The van der Waals surface area contributed by atoms with Crippen molar-refractivity contribution in [3.05, 3.63) is 23.3 Å². The summed E-state index contributed by atoms with van der Waals surface area (Å²) < 4.78 is 11.9. The third kappa shape index (κ3) is 1.32. The van der Waals surface area contributed by atoms with E-state index in [2.05, 4.69) is 18.0 Å². The summed E-state index contributed by atoms with van der Waals surface area (Å²) in [4.78, 5) is 2.52. The molecule has 2 fully saturated rings. The molecule has 0 unspecified atom stereocenters. The first-order valence-electron chi connectivity index (χ1n) is 8.42. The molecular formula is C18H23NO3. The lowest BCUT2D eigenvalue weighted by Gasteiger charge is -2.58. The predicted octanol–water partition coefficient (Wildman–Crippen LogP) is 1.73. The molecule has 1 N–H and O–H groups in total. The summed E-state index contributed by atoms with van der Waals surface area (Å²) in [5.41, 5.74) is 2.77. The van der Waals surface area contributed by atoms with Crippen molar-refractivity contribution in [2.45, 2.75) is 49.3 Å². The van der Waals surface area contributed by atoms with Gasteiger partial charge in [-0.3, -0.25) is 0 Å². The van der Waals surface area contributed by atoms with Gasteiger partial charge in [-0.2, -0.15) is 0 Å². The minimum Gasteiger partial charge on any atom is -0.493 e. The number of piperidine rings is 1. The van der Waals surface area contributed by atoms with Gasteiger partial charge in [0, 0.05) is 17.0 Å². The Balaban J connectivity index is 1.80. The lowest BCUT2D eigenvalue weighted by atomic mass is 9.51. The van der Waals surface area contributed by atoms with Crippen molar-refractivity contribution >= 4 is 0 Å². The summed E-state index contributed by atoms with van der Waals surface area (Å²) in [6.45, 7) is 1.09. The molecule has 0 aromatic heterocycles. The molecule has 4 aliphatic rings. The van der Waals surface area contributed by atoms with Gasteiger partial charge in [-0.1, -0.05) is 6.07 Å². The number of ether oxygens (including phenoxy) is 2. The number of hydrogen-bond acceptors (Lipinski definition) is 4. The van der Waals surface area contributed by atoms with E-state index < -0.39 is 0 Å². The number of likely N-dealkylation sites (tertiary alicyclic amines) is 1. The molecule has 1 aromatic rings. The zero-order valence-electron chi connectivity index (χ0n) is 13.2. The van der Waals surface area contributed by atoms with Crippen LogP contribution >= 0.6 is 0 Å². The third-order valence-corrected chi connectivity index (χ3v) is 6.77. The molecule has 1 saturated carbocycles. The fourth-order valence-corrected chi connectivity index (χ4v) is 5.86. The van der Waals surface area contributed by atoms with Gasteiger partial charge >= 0.3 is 0 Å². The van der Waals surface area contributed by atoms with Gasteiger partial charge in [0.15, 0.2) is 11.5 Å². The molecule has 1 saturated heterocycles. The van der Waals surface area contributed by atoms with Crippen LogP contribution in [0.25, 0.3) is 0 Å². The van der Waals surface area contributed by atoms with E-state index in [1.54, 1.807) is 7.11 Å². The molecule has 0 amide bonds. The highest BCUT2D eigenvalue weighted by molar-refractivity contribution is 5.61. The van der Waals surface area contributed by atoms with Gasteiger partial charge in [0.05, 0.1) is 13.2 Å². The number of nitrogens with zero attached hydrogens (tertiary/aromatic N) is 1. The Morgan fingerprint density at radius 3 is 3.05 bits per heavy atom. The van der Waals surface area contributed by atoms with Gasteiger partial charge in [0.1, 0.15) is 6.10 Å². The number of hydrogen-bond donors (Lipinski definition) is 1. The molecule has 2 heterocycles. The van der Waals surface area contributed by atoms with Crippen LogP contribution in [0.2, 0.25) is 0 Å². The molecule has 1 spiro atoms. The zero-order chi connectivity index (χ0) is 15.1. The van der Waals surface area contributed by atoms with Crippen molar-refractivity contribution < 1.29 is 14.6 Å². The molecule has 4 nitrogen and oxygen atoms in total. The van der Waals surface area contributed by atoms with Gasteiger partial charge in [-0.25, -0.2) is 0 Å². The number of benzene rings is 1. The van der Waals surface area contributed by atoms with Crippen LogP contribution in [0, 0.1) is 5.92 Å². The van der Waals surface area contributed by atoms with Gasteiger partial charge in [0.2, 0.25) is 0 Å². The molecule has 5 atom stereocenters. The number of rotatable bonds is 1. The molecule has 22 heavy (non-hydrogen) atoms. The fraction of sp³-hybridized carbons (Fsp3) is 0.667. The fourth-order valence-electron chi connectivity index (χ4n) is 5.86. The van der Waals surface area contributed by atoms with Crippen molar-refractivity contribution in [1.29, 1.82) is 0 Å². The van der Waals surface area contributed by atoms with E-state index in [1.165, 1.54) is 11.1 Å². The first-order valence-corrected chi connectivity index (χ1v) is 8.42. The van der Waals surface area contributed by atoms with Crippen LogP contribution in [-0.2, 0) is 11.8 Å². The van der Waals surface area contributed by atoms with E-state index in [-0.39, 0.29) is 17.6 Å². The molecule has 2 bridgehead atoms. The highest BCUT2D eigenvalue weighted by atomic mass is 16.5. The Morgan fingerprint density at radius 2 is 2.23 bits per heavy atom. The molecule has 2 aliphatic carbocycles. The lowest BCUT2D eigenvalue weighted by Crippen LogP contribution is -2.66. The number of methoxy groups -OCH3 is 1. The van der Waals surface area contributed by atoms with Gasteiger partial charge in [-0.05, 0) is 56.8 Å². The summed E-state index contributed by atoms with van der Waals surface area (Å²) in [6, 6.07) is 4.83. The summed E-state index contributed by atoms with van der Waals surface area (Å²) in [5.74, 6) is 2.34. The number of aliphatic hydroxyl groups is 1. The van der Waals surface area contributed by atoms with Crippen molar-refractivity contribution in [1.82, 2.24) is 4.90 Å². The average molecular weight is 301 g/mol. The summed E-state index contributed by atoms with van der Waals surface area (Å²) in [6.07, 6.45) is 3.69. The van der Waals surface area contributed by atoms with E-state index >= 15 is 0 Å². The topological polar surface area (TPSA) is 41.9 Å². The third-order valence-electron chi connectivity index (χ3n) is 6.77. The average Bonchev–Trinajstić information content (AvgIpc) is 2.88. The van der Waals surface area contributed by atoms with Crippen LogP contribution in [0.4, 0.5) is 0 Å². The summed E-state index contributed by atoms with van der Waals surface area (Å²) in [7, 11) is 3.96. The quantitative estimate of drug-likeness (QED) is 0.858. The molecular weight excluding hydrogens is 278 g/mol. The minimum atomic E-state index is -0.358. The van der Waals surface area contributed by atoms with Crippen molar-refractivity contribution in [3.63, 3.8) is 0 Å². The molecule has 1 aromatic carbocycles. The summed E-state index contributed by atoms with van der Waals surface area (Å²) >= 11 is 0. The van der Waals surface area contributed by atoms with Gasteiger partial charge in [-0.15, -0.1) is 0 Å². The van der Waals surface area contributed by atoms with E-state index in [9.17, 15) is 5.11 Å². The van der Waals surface area contributed by atoms with Crippen LogP contribution in [0.3, 0.4) is 0 Å². The first-order chi connectivity index (χ1) is 10.7. The van der Waals surface area contributed by atoms with Crippen LogP contribution < -0.4 is 9.47 Å². The number of likely N-dealkylation sites (N-methyl/N-ethyl adjacent to an activating group) is 1. The minimum absolute atomic E-state index is 0.00625. The van der Waals surface area contributed by atoms with Crippen LogP contribution in [-0.4, -0.2) is 49.0 Å². The highest BCUT2D eigenvalue weighted by Crippen LogP contribution is 2.63. The second kappa shape index (κ2) is 4.18. The Hall–Kier alpha value is -1.26. The predicted molar refractivity (Wildman–Crippen MR) is 82.6 cm³/mol. The molecule has 0 radical (unpaired) electrons. The van der Waals surface area contributed by atoms with Crippen LogP contribution in [0.5, 0.6) is 11.5 Å². The van der Waals surface area contributed by atoms with E-state index in [0.29, 0.717) is 12.0 Å². The van der Waals surface area contributed by atoms with Crippen molar-refractivity contribution in [3.8, 4) is 11.5 Å². The lowest BCUT2D eigenvalue weighted by molar-refractivity contribution is -0.0993. The SMILES string of the molecule is COc1ccc2c3c1O[C@@H]1[C@@H](O)CC[C@H]4[C@@H](C2)N(C)CC[C@]314. The maximum atomic E-state index is 10.6. The Bertz CT molecular complexity index is 645. The summed E-state index contributed by atoms with van der Waals surface area (Å²) in [5, 5.41) is 10.6. The van der Waals surface area contributed by atoms with E-state index in [1.807, 2.05) is 6.07 Å². The van der Waals surface area contributed by atoms with Crippen LogP contribution in [0.1, 0.15) is 30.4 Å². The second-order valence-electron chi connectivity index (χ2n) is 7.46. The maximum Gasteiger partial charge on any atom is 0.165 e. The smallest absolute Gasteiger partial charge is 0.165 e. The maximum absolute atomic E-state index is 10.6. The van der Waals surface area contributed by atoms with Crippen LogP contribution in [0.15, 0.2) is 12.1 Å². The Kier molecular flexibility index (Phi) is 2.51. The normalized spacial score (nSPS) is 41.8. The highest BCUT2D eigenvalue weighted by Gasteiger charge is 2.65. The first kappa shape index (κ1) is 13.2. The molecule has 4 heteroatoms. The molecule has 5 rings (SSSR count). The van der Waals surface area contributed by atoms with Crippen molar-refractivity contribution in [2.24, 2.45) is 5.92 Å². The zero-order valence-corrected chi connectivity index (χ0v) is 13.2. The largest absolute Gasteiger partial charge is 0.493 e. The van der Waals surface area contributed by atoms with E-state index in [0.717, 1.165) is 43.7 Å². The molecule has 118 valence electrons. The Labute approximate surface area is 131 Å². The standard InChI is InChI=1S/C18H23NO3/c1-19-8-7-18-11-4-5-13(20)17(18)22-16-14(21-2)6-3-10(15(16)18)9-12(11)19/h3,6,11-13,17,20H,4-5,7-9H2,1-2H3/t11-,12+,13-,17+,18-/m0/s1. The van der Waals surface area contributed by atoms with E-state index in [4.69, 9.17) is 9.47 Å². The van der Waals surface area contributed by atoms with Gasteiger partial charge < -0.3 is 19.5 Å². The van der Waals surface area contributed by atoms with Crippen molar-refractivity contribution in [2.75, 3.05) is 20.7 Å².